The minimum Gasteiger partial charge on any atom is -0.494 e. The molecule has 2 aliphatic heterocycles. The van der Waals surface area contributed by atoms with E-state index in [1.807, 2.05) is 11.0 Å². The number of nitrogens with zero attached hydrogens (tertiary/aromatic N) is 5. The van der Waals surface area contributed by atoms with Crippen LogP contribution in [0.1, 0.15) is 0 Å². The molecule has 1 fully saturated rings. The molecule has 8 nitrogen and oxygen atoms in total. The van der Waals surface area contributed by atoms with Gasteiger partial charge in [0, 0.05) is 37.3 Å². The Morgan fingerprint density at radius 1 is 1.15 bits per heavy atom. The fourth-order valence-electron chi connectivity index (χ4n) is 3.24. The molecule has 2 amide bonds. The lowest BCUT2D eigenvalue weighted by Gasteiger charge is -2.38. The van der Waals surface area contributed by atoms with E-state index in [9.17, 15) is 4.79 Å². The summed E-state index contributed by atoms with van der Waals surface area (Å²) in [7, 11) is 1.58. The summed E-state index contributed by atoms with van der Waals surface area (Å²) < 4.78 is 10.7. The van der Waals surface area contributed by atoms with Crippen LogP contribution in [0.2, 0.25) is 5.02 Å². The standard InChI is InChI=1S/C18H20ClN5O3/c1-26-14-11-20-17(21-12-14)22-4-6-23(7-5-22)18(25)24-8-9-27-16-10-13(19)2-3-15(16)24/h2-3,10-12H,4-9H2,1H3. The van der Waals surface area contributed by atoms with Crippen LogP contribution in [0.5, 0.6) is 11.5 Å². The smallest absolute Gasteiger partial charge is 0.324 e. The van der Waals surface area contributed by atoms with Gasteiger partial charge in [-0.25, -0.2) is 14.8 Å². The normalized spacial score (nSPS) is 16.6. The van der Waals surface area contributed by atoms with E-state index < -0.39 is 0 Å². The number of amides is 2. The first kappa shape index (κ1) is 17.7. The lowest BCUT2D eigenvalue weighted by Crippen LogP contribution is -2.54. The predicted octanol–water partition coefficient (Wildman–Crippen LogP) is 2.28. The van der Waals surface area contributed by atoms with Crippen molar-refractivity contribution in [2.24, 2.45) is 0 Å². The van der Waals surface area contributed by atoms with Gasteiger partial charge in [-0.05, 0) is 12.1 Å². The molecule has 0 atom stereocenters. The largest absolute Gasteiger partial charge is 0.494 e. The van der Waals surface area contributed by atoms with Gasteiger partial charge < -0.3 is 19.3 Å². The van der Waals surface area contributed by atoms with E-state index in [4.69, 9.17) is 21.1 Å². The van der Waals surface area contributed by atoms with E-state index >= 15 is 0 Å². The van der Waals surface area contributed by atoms with E-state index in [-0.39, 0.29) is 6.03 Å². The number of aromatic nitrogens is 2. The first-order chi connectivity index (χ1) is 13.2. The molecule has 2 aliphatic rings. The summed E-state index contributed by atoms with van der Waals surface area (Å²) in [5.74, 6) is 1.92. The highest BCUT2D eigenvalue weighted by atomic mass is 35.5. The number of methoxy groups -OCH3 is 1. The van der Waals surface area contributed by atoms with Crippen LogP contribution in [0.4, 0.5) is 16.4 Å². The topological polar surface area (TPSA) is 71.0 Å². The predicted molar refractivity (Wildman–Crippen MR) is 102 cm³/mol. The number of benzene rings is 1. The Balaban J connectivity index is 1.42. The van der Waals surface area contributed by atoms with E-state index in [0.29, 0.717) is 61.8 Å². The van der Waals surface area contributed by atoms with Gasteiger partial charge in [0.25, 0.3) is 0 Å². The van der Waals surface area contributed by atoms with E-state index in [0.717, 1.165) is 5.69 Å². The highest BCUT2D eigenvalue weighted by molar-refractivity contribution is 6.30. The third-order valence-corrected chi connectivity index (χ3v) is 4.93. The van der Waals surface area contributed by atoms with Crippen LogP contribution in [0.15, 0.2) is 30.6 Å². The Bertz CT molecular complexity index is 824. The van der Waals surface area contributed by atoms with Crippen molar-refractivity contribution in [2.75, 3.05) is 56.2 Å². The van der Waals surface area contributed by atoms with Crippen LogP contribution >= 0.6 is 11.6 Å². The summed E-state index contributed by atoms with van der Waals surface area (Å²) in [4.78, 5) is 27.3. The molecule has 142 valence electrons. The summed E-state index contributed by atoms with van der Waals surface area (Å²) in [5.41, 5.74) is 0.761. The Labute approximate surface area is 162 Å². The average Bonchev–Trinajstić information content (AvgIpc) is 2.73. The second-order valence-electron chi connectivity index (χ2n) is 6.29. The molecule has 1 aromatic carbocycles. The summed E-state index contributed by atoms with van der Waals surface area (Å²) in [6.45, 7) is 3.54. The Morgan fingerprint density at radius 2 is 1.89 bits per heavy atom. The molecule has 27 heavy (non-hydrogen) atoms. The minimum atomic E-state index is -0.0165. The molecule has 2 aromatic rings. The number of carbonyl (C=O) groups excluding carboxylic acids is 1. The van der Waals surface area contributed by atoms with Gasteiger partial charge in [0.15, 0.2) is 5.75 Å². The number of piperazine rings is 1. The molecule has 0 unspecified atom stereocenters. The molecule has 1 saturated heterocycles. The number of hydrogen-bond acceptors (Lipinski definition) is 6. The number of ether oxygens (including phenoxy) is 2. The van der Waals surface area contributed by atoms with Crippen molar-refractivity contribution >= 4 is 29.3 Å². The van der Waals surface area contributed by atoms with Gasteiger partial charge in [-0.2, -0.15) is 0 Å². The summed E-state index contributed by atoms with van der Waals surface area (Å²) in [5, 5.41) is 0.594. The van der Waals surface area contributed by atoms with Gasteiger partial charge in [0.05, 0.1) is 31.7 Å². The number of halogens is 1. The van der Waals surface area contributed by atoms with Gasteiger partial charge in [-0.15, -0.1) is 0 Å². The molecule has 4 rings (SSSR count). The van der Waals surface area contributed by atoms with Crippen molar-refractivity contribution in [2.45, 2.75) is 0 Å². The highest BCUT2D eigenvalue weighted by Crippen LogP contribution is 2.34. The molecular weight excluding hydrogens is 370 g/mol. The summed E-state index contributed by atoms with van der Waals surface area (Å²) >= 11 is 6.03. The highest BCUT2D eigenvalue weighted by Gasteiger charge is 2.30. The van der Waals surface area contributed by atoms with E-state index in [1.54, 1.807) is 36.5 Å². The number of rotatable bonds is 2. The van der Waals surface area contributed by atoms with Crippen molar-refractivity contribution in [3.63, 3.8) is 0 Å². The van der Waals surface area contributed by atoms with Crippen molar-refractivity contribution in [1.29, 1.82) is 0 Å². The van der Waals surface area contributed by atoms with Crippen molar-refractivity contribution in [3.05, 3.63) is 35.6 Å². The van der Waals surface area contributed by atoms with Gasteiger partial charge >= 0.3 is 6.03 Å². The van der Waals surface area contributed by atoms with Crippen LogP contribution < -0.4 is 19.3 Å². The SMILES string of the molecule is COc1cnc(N2CCN(C(=O)N3CCOc4cc(Cl)ccc43)CC2)nc1. The molecule has 3 heterocycles. The lowest BCUT2D eigenvalue weighted by atomic mass is 10.2. The third kappa shape index (κ3) is 3.57. The van der Waals surface area contributed by atoms with Gasteiger partial charge in [-0.3, -0.25) is 4.90 Å². The maximum absolute atomic E-state index is 13.0. The fraction of sp³-hybridized carbons (Fsp3) is 0.389. The van der Waals surface area contributed by atoms with E-state index in [2.05, 4.69) is 14.9 Å². The molecule has 0 spiro atoms. The Kier molecular flexibility index (Phi) is 4.89. The number of urea groups is 1. The molecule has 9 heteroatoms. The summed E-state index contributed by atoms with van der Waals surface area (Å²) in [6, 6.07) is 5.33. The Morgan fingerprint density at radius 3 is 2.59 bits per heavy atom. The molecule has 0 radical (unpaired) electrons. The second kappa shape index (κ2) is 7.48. The van der Waals surface area contributed by atoms with Crippen molar-refractivity contribution in [1.82, 2.24) is 14.9 Å². The van der Waals surface area contributed by atoms with Gasteiger partial charge in [-0.1, -0.05) is 11.6 Å². The van der Waals surface area contributed by atoms with Crippen LogP contribution in [-0.4, -0.2) is 67.3 Å². The molecular formula is C18H20ClN5O3. The third-order valence-electron chi connectivity index (χ3n) is 4.70. The monoisotopic (exact) mass is 389 g/mol. The van der Waals surface area contributed by atoms with E-state index in [1.165, 1.54) is 0 Å². The van der Waals surface area contributed by atoms with Crippen molar-refractivity contribution < 1.29 is 14.3 Å². The van der Waals surface area contributed by atoms with Gasteiger partial charge in [0.2, 0.25) is 5.95 Å². The fourth-order valence-corrected chi connectivity index (χ4v) is 3.40. The average molecular weight is 390 g/mol. The molecule has 0 saturated carbocycles. The van der Waals surface area contributed by atoms with Crippen LogP contribution in [0.25, 0.3) is 0 Å². The first-order valence-corrected chi connectivity index (χ1v) is 9.13. The zero-order valence-corrected chi connectivity index (χ0v) is 15.7. The van der Waals surface area contributed by atoms with Crippen LogP contribution in [-0.2, 0) is 0 Å². The maximum atomic E-state index is 13.0. The molecule has 0 bridgehead atoms. The number of hydrogen-bond donors (Lipinski definition) is 0. The zero-order chi connectivity index (χ0) is 18.8. The number of fused-ring (bicyclic) bond motifs is 1. The maximum Gasteiger partial charge on any atom is 0.324 e. The van der Waals surface area contributed by atoms with Gasteiger partial charge in [0.1, 0.15) is 12.4 Å². The van der Waals surface area contributed by atoms with Crippen LogP contribution in [0.3, 0.4) is 0 Å². The number of carbonyl (C=O) groups is 1. The molecule has 0 aliphatic carbocycles. The van der Waals surface area contributed by atoms with Crippen LogP contribution in [0, 0.1) is 0 Å². The molecule has 1 aromatic heterocycles. The lowest BCUT2D eigenvalue weighted by molar-refractivity contribution is 0.196. The molecule has 0 N–H and O–H groups in total. The number of anilines is 2. The quantitative estimate of drug-likeness (QED) is 0.784. The van der Waals surface area contributed by atoms with Crippen molar-refractivity contribution in [3.8, 4) is 11.5 Å². The second-order valence-corrected chi connectivity index (χ2v) is 6.73. The zero-order valence-electron chi connectivity index (χ0n) is 15.0. The summed E-state index contributed by atoms with van der Waals surface area (Å²) in [6.07, 6.45) is 3.30. The first-order valence-electron chi connectivity index (χ1n) is 8.75. The minimum absolute atomic E-state index is 0.0165. The Hall–Kier alpha value is -2.74.